The van der Waals surface area contributed by atoms with Gasteiger partial charge in [-0.25, -0.2) is 4.98 Å². The monoisotopic (exact) mass is 347 g/mol. The Morgan fingerprint density at radius 1 is 1.26 bits per heavy atom. The molecule has 0 spiro atoms. The van der Waals surface area contributed by atoms with E-state index in [2.05, 4.69) is 34.4 Å². The predicted molar refractivity (Wildman–Crippen MR) is 87.5 cm³/mol. The maximum atomic E-state index is 13.1. The molecule has 1 aromatic rings. The van der Waals surface area contributed by atoms with Gasteiger partial charge in [0.05, 0.1) is 0 Å². The second-order valence-corrected chi connectivity index (χ2v) is 6.40. The van der Waals surface area contributed by atoms with Gasteiger partial charge in [0.1, 0.15) is 5.82 Å². The van der Waals surface area contributed by atoms with Gasteiger partial charge in [0.25, 0.3) is 0 Å². The van der Waals surface area contributed by atoms with Gasteiger partial charge in [-0.2, -0.15) is 18.2 Å². The van der Waals surface area contributed by atoms with Crippen LogP contribution >= 0.6 is 12.2 Å². The summed E-state index contributed by atoms with van der Waals surface area (Å²) in [5.74, 6) is 0.919. The summed E-state index contributed by atoms with van der Waals surface area (Å²) in [5.41, 5.74) is -0.977. The summed E-state index contributed by atoms with van der Waals surface area (Å²) in [6, 6.07) is 0.998. The molecule has 2 heterocycles. The second kappa shape index (κ2) is 6.86. The highest BCUT2D eigenvalue weighted by Crippen LogP contribution is 2.32. The van der Waals surface area contributed by atoms with Crippen molar-refractivity contribution < 1.29 is 13.2 Å². The summed E-state index contributed by atoms with van der Waals surface area (Å²) in [7, 11) is 1.57. The highest BCUT2D eigenvalue weighted by Gasteiger charge is 2.35. The van der Waals surface area contributed by atoms with Crippen molar-refractivity contribution in [3.05, 3.63) is 11.8 Å². The van der Waals surface area contributed by atoms with Crippen molar-refractivity contribution in [2.24, 2.45) is 11.8 Å². The molecule has 1 aliphatic heterocycles. The molecule has 2 unspecified atom stereocenters. The fourth-order valence-corrected chi connectivity index (χ4v) is 2.90. The van der Waals surface area contributed by atoms with Gasteiger partial charge in [-0.1, -0.05) is 13.8 Å². The Morgan fingerprint density at radius 2 is 1.87 bits per heavy atom. The van der Waals surface area contributed by atoms with Crippen molar-refractivity contribution in [3.8, 4) is 0 Å². The Kier molecular flexibility index (Phi) is 5.28. The second-order valence-electron chi connectivity index (χ2n) is 5.99. The lowest BCUT2D eigenvalue weighted by molar-refractivity contribution is -0.141. The smallest absolute Gasteiger partial charge is 0.365 e. The molecule has 128 valence electrons. The lowest BCUT2D eigenvalue weighted by Crippen LogP contribution is -2.39. The van der Waals surface area contributed by atoms with E-state index in [0.29, 0.717) is 24.9 Å². The molecular weight excluding hydrogens is 327 g/mol. The molecule has 1 saturated heterocycles. The van der Waals surface area contributed by atoms with E-state index in [9.17, 15) is 13.2 Å². The Morgan fingerprint density at radius 3 is 2.39 bits per heavy atom. The molecule has 1 fully saturated rings. The maximum Gasteiger partial charge on any atom is 0.433 e. The number of alkyl halides is 3. The summed E-state index contributed by atoms with van der Waals surface area (Å²) >= 11 is 4.91. The standard InChI is InChI=1S/C14H20F3N5S/c1-8-4-9(2)7-22(6-8)11-5-10(14(15,16)17)19-12(20-11)21-13(23)18-3/h5,8-9H,4,6-7H2,1-3H3,(H2,18,19,20,21,23). The number of thiocarbonyl (C=S) groups is 1. The summed E-state index contributed by atoms with van der Waals surface area (Å²) in [6.45, 7) is 5.52. The van der Waals surface area contributed by atoms with Crippen molar-refractivity contribution in [2.45, 2.75) is 26.4 Å². The average Bonchev–Trinajstić information content (AvgIpc) is 2.44. The van der Waals surface area contributed by atoms with Gasteiger partial charge >= 0.3 is 6.18 Å². The third kappa shape index (κ3) is 4.66. The highest BCUT2D eigenvalue weighted by atomic mass is 32.1. The number of hydrogen-bond donors (Lipinski definition) is 2. The molecule has 9 heteroatoms. The quantitative estimate of drug-likeness (QED) is 0.803. The normalized spacial score (nSPS) is 21.9. The van der Waals surface area contributed by atoms with Gasteiger partial charge in [-0.15, -0.1) is 0 Å². The predicted octanol–water partition coefficient (Wildman–Crippen LogP) is 2.89. The molecular formula is C14H20F3N5S. The fourth-order valence-electron chi connectivity index (χ4n) is 2.81. The van der Waals surface area contributed by atoms with E-state index in [0.717, 1.165) is 12.5 Å². The van der Waals surface area contributed by atoms with E-state index < -0.39 is 11.9 Å². The number of halogens is 3. The molecule has 1 aromatic heterocycles. The van der Waals surface area contributed by atoms with Crippen LogP contribution in [0.3, 0.4) is 0 Å². The van der Waals surface area contributed by atoms with Crippen LogP contribution in [0.1, 0.15) is 26.0 Å². The highest BCUT2D eigenvalue weighted by molar-refractivity contribution is 7.80. The Balaban J connectivity index is 2.37. The fraction of sp³-hybridized carbons (Fsp3) is 0.643. The summed E-state index contributed by atoms with van der Waals surface area (Å²) in [5, 5.41) is 5.37. The van der Waals surface area contributed by atoms with Crippen molar-refractivity contribution in [1.29, 1.82) is 0 Å². The summed E-state index contributed by atoms with van der Waals surface area (Å²) in [6.07, 6.45) is -3.48. The van der Waals surface area contributed by atoms with E-state index in [4.69, 9.17) is 12.2 Å². The Hall–Kier alpha value is -1.64. The van der Waals surface area contributed by atoms with Crippen LogP contribution < -0.4 is 15.5 Å². The van der Waals surface area contributed by atoms with Crippen molar-refractivity contribution in [3.63, 3.8) is 0 Å². The molecule has 0 radical (unpaired) electrons. The molecule has 5 nitrogen and oxygen atoms in total. The number of anilines is 2. The molecule has 0 saturated carbocycles. The van der Waals surface area contributed by atoms with Crippen molar-refractivity contribution >= 4 is 29.1 Å². The van der Waals surface area contributed by atoms with Crippen LogP contribution in [0, 0.1) is 11.8 Å². The van der Waals surface area contributed by atoms with Gasteiger partial charge in [0, 0.05) is 26.2 Å². The first-order chi connectivity index (χ1) is 10.7. The minimum Gasteiger partial charge on any atom is -0.365 e. The number of aromatic nitrogens is 2. The zero-order chi connectivity index (χ0) is 17.2. The number of hydrogen-bond acceptors (Lipinski definition) is 4. The van der Waals surface area contributed by atoms with Crippen molar-refractivity contribution in [1.82, 2.24) is 15.3 Å². The Bertz CT molecular complexity index is 568. The summed E-state index contributed by atoms with van der Waals surface area (Å²) < 4.78 is 39.3. The van der Waals surface area contributed by atoms with E-state index in [1.54, 1.807) is 7.05 Å². The minimum atomic E-state index is -4.54. The SMILES string of the molecule is CNC(=S)Nc1nc(N2CC(C)CC(C)C2)cc(C(F)(F)F)n1. The lowest BCUT2D eigenvalue weighted by Gasteiger charge is -2.36. The van der Waals surface area contributed by atoms with Gasteiger partial charge in [-0.05, 0) is 30.5 Å². The van der Waals surface area contributed by atoms with E-state index in [1.165, 1.54) is 0 Å². The van der Waals surface area contributed by atoms with Crippen LogP contribution in [0.4, 0.5) is 24.9 Å². The average molecular weight is 347 g/mol. The van der Waals surface area contributed by atoms with Gasteiger partial charge in [0.2, 0.25) is 5.95 Å². The largest absolute Gasteiger partial charge is 0.433 e. The molecule has 2 N–H and O–H groups in total. The lowest BCUT2D eigenvalue weighted by atomic mass is 9.92. The minimum absolute atomic E-state index is 0.153. The van der Waals surface area contributed by atoms with Crippen LogP contribution in [-0.2, 0) is 6.18 Å². The molecule has 0 aliphatic carbocycles. The van der Waals surface area contributed by atoms with Gasteiger partial charge in [-0.3, -0.25) is 0 Å². The van der Waals surface area contributed by atoms with Crippen LogP contribution in [-0.4, -0.2) is 35.2 Å². The first-order valence-electron chi connectivity index (χ1n) is 7.39. The first kappa shape index (κ1) is 17.7. The van der Waals surface area contributed by atoms with E-state index in [1.807, 2.05) is 4.90 Å². The molecule has 2 rings (SSSR count). The summed E-state index contributed by atoms with van der Waals surface area (Å²) in [4.78, 5) is 9.61. The number of rotatable bonds is 2. The molecule has 2 atom stereocenters. The third-order valence-electron chi connectivity index (χ3n) is 3.65. The van der Waals surface area contributed by atoms with Crippen LogP contribution in [0.2, 0.25) is 0 Å². The maximum absolute atomic E-state index is 13.1. The zero-order valence-electron chi connectivity index (χ0n) is 13.2. The van der Waals surface area contributed by atoms with Gasteiger partial charge in [0.15, 0.2) is 10.8 Å². The Labute approximate surface area is 138 Å². The number of nitrogens with zero attached hydrogens (tertiary/aromatic N) is 3. The molecule has 0 amide bonds. The van der Waals surface area contributed by atoms with Gasteiger partial charge < -0.3 is 15.5 Å². The topological polar surface area (TPSA) is 53.1 Å². The van der Waals surface area contributed by atoms with Crippen LogP contribution in [0.15, 0.2) is 6.07 Å². The molecule has 0 aromatic carbocycles. The third-order valence-corrected chi connectivity index (χ3v) is 3.95. The molecule has 23 heavy (non-hydrogen) atoms. The van der Waals surface area contributed by atoms with Crippen LogP contribution in [0.5, 0.6) is 0 Å². The van der Waals surface area contributed by atoms with E-state index >= 15 is 0 Å². The molecule has 0 bridgehead atoms. The van der Waals surface area contributed by atoms with Crippen LogP contribution in [0.25, 0.3) is 0 Å². The molecule has 1 aliphatic rings. The zero-order valence-corrected chi connectivity index (χ0v) is 14.1. The van der Waals surface area contributed by atoms with Crippen molar-refractivity contribution in [2.75, 3.05) is 30.4 Å². The number of nitrogens with one attached hydrogen (secondary N) is 2. The van der Waals surface area contributed by atoms with E-state index in [-0.39, 0.29) is 16.9 Å². The first-order valence-corrected chi connectivity index (χ1v) is 7.79. The number of piperidine rings is 1.